The van der Waals surface area contributed by atoms with E-state index >= 15 is 0 Å². The lowest BCUT2D eigenvalue weighted by atomic mass is 10.0. The second-order valence-electron chi connectivity index (χ2n) is 7.73. The molecule has 24 heavy (non-hydrogen) atoms. The van der Waals surface area contributed by atoms with Gasteiger partial charge in [0.25, 0.3) is 0 Å². The Balaban J connectivity index is 1.87. The summed E-state index contributed by atoms with van der Waals surface area (Å²) < 4.78 is 11.7. The first-order valence-corrected chi connectivity index (χ1v) is 8.45. The Labute approximate surface area is 142 Å². The van der Waals surface area contributed by atoms with Gasteiger partial charge in [0, 0.05) is 24.8 Å². The molecule has 0 amide bonds. The normalized spacial score (nSPS) is 19.0. The van der Waals surface area contributed by atoms with Gasteiger partial charge in [-0.15, -0.1) is 0 Å². The van der Waals surface area contributed by atoms with Gasteiger partial charge in [0.1, 0.15) is 11.4 Å². The number of carbonyl (C=O) groups is 2. The van der Waals surface area contributed by atoms with Crippen molar-refractivity contribution < 1.29 is 19.1 Å². The summed E-state index contributed by atoms with van der Waals surface area (Å²) >= 11 is 0. The molecular formula is C20H24O4. The molecule has 0 saturated heterocycles. The number of carbonyl (C=O) groups excluding carboxylic acids is 2. The molecule has 1 aromatic carbocycles. The van der Waals surface area contributed by atoms with Crippen LogP contribution in [0.3, 0.4) is 0 Å². The number of esters is 1. The molecule has 0 aromatic heterocycles. The van der Waals surface area contributed by atoms with Crippen molar-refractivity contribution in [2.45, 2.75) is 64.6 Å². The minimum atomic E-state index is -0.876. The number of allylic oxidation sites excluding steroid dienone is 2. The van der Waals surface area contributed by atoms with Gasteiger partial charge in [-0.25, -0.2) is 4.79 Å². The number of hydrogen-bond acceptors (Lipinski definition) is 4. The molecule has 2 aliphatic carbocycles. The van der Waals surface area contributed by atoms with Crippen molar-refractivity contribution in [3.63, 3.8) is 0 Å². The second kappa shape index (κ2) is 5.76. The van der Waals surface area contributed by atoms with E-state index in [1.807, 2.05) is 45.9 Å². The summed E-state index contributed by atoms with van der Waals surface area (Å²) in [4.78, 5) is 24.1. The first-order valence-electron chi connectivity index (χ1n) is 8.45. The van der Waals surface area contributed by atoms with Gasteiger partial charge in [0.2, 0.25) is 5.60 Å². The molecule has 0 bridgehead atoms. The maximum atomic E-state index is 12.5. The highest BCUT2D eigenvalue weighted by Gasteiger charge is 2.55. The van der Waals surface area contributed by atoms with E-state index in [9.17, 15) is 9.59 Å². The van der Waals surface area contributed by atoms with Crippen molar-refractivity contribution in [3.8, 4) is 5.75 Å². The van der Waals surface area contributed by atoms with Crippen molar-refractivity contribution in [2.24, 2.45) is 0 Å². The molecule has 2 aliphatic rings. The standard InChI is InChI=1S/C20H24O4/c1-13-5-8-16(14-6-7-15(21)12-14)17(11-13)23-20(9-10-20)18(22)24-19(2,3)4/h5,8,11-12H,6-7,9-10H2,1-4H3. The molecule has 1 fully saturated rings. The van der Waals surface area contributed by atoms with E-state index < -0.39 is 11.2 Å². The van der Waals surface area contributed by atoms with Gasteiger partial charge in [0.05, 0.1) is 0 Å². The van der Waals surface area contributed by atoms with Crippen LogP contribution in [-0.2, 0) is 14.3 Å². The van der Waals surface area contributed by atoms with Crippen molar-refractivity contribution in [2.75, 3.05) is 0 Å². The molecule has 0 aliphatic heterocycles. The van der Waals surface area contributed by atoms with Crippen LogP contribution >= 0.6 is 0 Å². The zero-order valence-electron chi connectivity index (χ0n) is 14.8. The fraction of sp³-hybridized carbons (Fsp3) is 0.500. The molecule has 1 aromatic rings. The van der Waals surface area contributed by atoms with Gasteiger partial charge >= 0.3 is 5.97 Å². The maximum absolute atomic E-state index is 12.5. The molecule has 0 heterocycles. The Morgan fingerprint density at radius 2 is 1.88 bits per heavy atom. The van der Waals surface area contributed by atoms with Gasteiger partial charge in [0.15, 0.2) is 5.78 Å². The van der Waals surface area contributed by atoms with E-state index in [2.05, 4.69) is 0 Å². The van der Waals surface area contributed by atoms with Crippen LogP contribution in [0.5, 0.6) is 5.75 Å². The molecule has 0 spiro atoms. The van der Waals surface area contributed by atoms with Gasteiger partial charge in [-0.1, -0.05) is 12.1 Å². The lowest BCUT2D eigenvalue weighted by Crippen LogP contribution is -2.37. The highest BCUT2D eigenvalue weighted by Crippen LogP contribution is 2.45. The minimum Gasteiger partial charge on any atom is -0.475 e. The van der Waals surface area contributed by atoms with E-state index in [1.165, 1.54) is 0 Å². The average molecular weight is 328 g/mol. The van der Waals surface area contributed by atoms with E-state index in [0.717, 1.165) is 23.1 Å². The summed E-state index contributed by atoms with van der Waals surface area (Å²) in [7, 11) is 0. The third-order valence-electron chi connectivity index (χ3n) is 4.24. The van der Waals surface area contributed by atoms with Crippen LogP contribution in [0, 0.1) is 6.92 Å². The van der Waals surface area contributed by atoms with Crippen molar-refractivity contribution in [1.82, 2.24) is 0 Å². The lowest BCUT2D eigenvalue weighted by molar-refractivity contribution is -0.165. The average Bonchev–Trinajstić information content (AvgIpc) is 3.12. The fourth-order valence-corrected chi connectivity index (χ4v) is 2.83. The molecular weight excluding hydrogens is 304 g/mol. The second-order valence-corrected chi connectivity index (χ2v) is 7.73. The Bertz CT molecular complexity index is 718. The predicted molar refractivity (Wildman–Crippen MR) is 91.8 cm³/mol. The lowest BCUT2D eigenvalue weighted by Gasteiger charge is -2.25. The van der Waals surface area contributed by atoms with Crippen LogP contribution in [0.1, 0.15) is 57.6 Å². The van der Waals surface area contributed by atoms with Gasteiger partial charge in [-0.05, 0) is 57.4 Å². The highest BCUT2D eigenvalue weighted by atomic mass is 16.6. The van der Waals surface area contributed by atoms with Crippen LogP contribution < -0.4 is 4.74 Å². The number of ether oxygens (including phenoxy) is 2. The smallest absolute Gasteiger partial charge is 0.351 e. The van der Waals surface area contributed by atoms with Gasteiger partial charge in [-0.3, -0.25) is 4.79 Å². The SMILES string of the molecule is Cc1ccc(C2=CC(=O)CC2)c(OC2(C(=O)OC(C)(C)C)CC2)c1. The number of hydrogen-bond donors (Lipinski definition) is 0. The fourth-order valence-electron chi connectivity index (χ4n) is 2.83. The van der Waals surface area contributed by atoms with Crippen LogP contribution in [0.4, 0.5) is 0 Å². The molecule has 0 atom stereocenters. The van der Waals surface area contributed by atoms with E-state index in [4.69, 9.17) is 9.47 Å². The number of ketones is 1. The topological polar surface area (TPSA) is 52.6 Å². The monoisotopic (exact) mass is 328 g/mol. The Hall–Kier alpha value is -2.10. The van der Waals surface area contributed by atoms with E-state index in [0.29, 0.717) is 25.0 Å². The van der Waals surface area contributed by atoms with Crippen molar-refractivity contribution in [1.29, 1.82) is 0 Å². The number of rotatable bonds is 4. The molecule has 3 rings (SSSR count). The summed E-state index contributed by atoms with van der Waals surface area (Å²) in [6.07, 6.45) is 4.27. The summed E-state index contributed by atoms with van der Waals surface area (Å²) in [6.45, 7) is 7.55. The zero-order chi connectivity index (χ0) is 17.5. The third-order valence-corrected chi connectivity index (χ3v) is 4.24. The first-order chi connectivity index (χ1) is 11.2. The Morgan fingerprint density at radius 3 is 2.42 bits per heavy atom. The van der Waals surface area contributed by atoms with Crippen LogP contribution in [0.15, 0.2) is 24.3 Å². The quantitative estimate of drug-likeness (QED) is 0.784. The van der Waals surface area contributed by atoms with Crippen LogP contribution in [0.2, 0.25) is 0 Å². The molecule has 0 radical (unpaired) electrons. The summed E-state index contributed by atoms with van der Waals surface area (Å²) in [5, 5.41) is 0. The van der Waals surface area contributed by atoms with Crippen LogP contribution in [-0.4, -0.2) is 23.0 Å². The van der Waals surface area contributed by atoms with Crippen LogP contribution in [0.25, 0.3) is 5.57 Å². The molecule has 4 heteroatoms. The number of benzene rings is 1. The molecule has 0 unspecified atom stereocenters. The molecule has 1 saturated carbocycles. The third kappa shape index (κ3) is 3.53. The Morgan fingerprint density at radius 1 is 1.17 bits per heavy atom. The van der Waals surface area contributed by atoms with Gasteiger partial charge < -0.3 is 9.47 Å². The highest BCUT2D eigenvalue weighted by molar-refractivity contribution is 6.02. The van der Waals surface area contributed by atoms with Crippen molar-refractivity contribution in [3.05, 3.63) is 35.4 Å². The maximum Gasteiger partial charge on any atom is 0.351 e. The largest absolute Gasteiger partial charge is 0.475 e. The van der Waals surface area contributed by atoms with E-state index in [1.54, 1.807) is 6.08 Å². The predicted octanol–water partition coefficient (Wildman–Crippen LogP) is 3.99. The summed E-state index contributed by atoms with van der Waals surface area (Å²) in [5.74, 6) is 0.503. The Kier molecular flexibility index (Phi) is 4.02. The van der Waals surface area contributed by atoms with Crippen molar-refractivity contribution >= 4 is 17.3 Å². The van der Waals surface area contributed by atoms with E-state index in [-0.39, 0.29) is 11.8 Å². The summed E-state index contributed by atoms with van der Waals surface area (Å²) in [5.41, 5.74) is 1.53. The minimum absolute atomic E-state index is 0.143. The zero-order valence-corrected chi connectivity index (χ0v) is 14.8. The first kappa shape index (κ1) is 16.7. The molecule has 0 N–H and O–H groups in total. The summed E-state index contributed by atoms with van der Waals surface area (Å²) in [6, 6.07) is 5.91. The molecule has 4 nitrogen and oxygen atoms in total. The number of aryl methyl sites for hydroxylation is 1. The molecule has 128 valence electrons. The van der Waals surface area contributed by atoms with Gasteiger partial charge in [-0.2, -0.15) is 0 Å².